The van der Waals surface area contributed by atoms with E-state index in [1.807, 2.05) is 30.3 Å². The molecule has 0 radical (unpaired) electrons. The fourth-order valence-electron chi connectivity index (χ4n) is 3.22. The van der Waals surface area contributed by atoms with Gasteiger partial charge < -0.3 is 10.0 Å². The summed E-state index contributed by atoms with van der Waals surface area (Å²) in [6, 6.07) is 15.2. The Hall–Kier alpha value is -2.41. The van der Waals surface area contributed by atoms with Crippen molar-refractivity contribution >= 4 is 23.6 Å². The lowest BCUT2D eigenvalue weighted by atomic mass is 9.89. The number of likely N-dealkylation sites (tertiary alicyclic amines) is 1. The van der Waals surface area contributed by atoms with E-state index in [4.69, 9.17) is 0 Å². The molecule has 1 heterocycles. The zero-order valence-corrected chi connectivity index (χ0v) is 14.5. The third kappa shape index (κ3) is 4.04. The normalized spacial score (nSPS) is 19.7. The summed E-state index contributed by atoms with van der Waals surface area (Å²) in [5.41, 5.74) is 1.25. The van der Waals surface area contributed by atoms with Crippen LogP contribution in [0.15, 0.2) is 59.5 Å². The van der Waals surface area contributed by atoms with Crippen molar-refractivity contribution in [1.29, 1.82) is 0 Å². The molecule has 2 aromatic carbocycles. The van der Waals surface area contributed by atoms with Crippen LogP contribution < -0.4 is 0 Å². The summed E-state index contributed by atoms with van der Waals surface area (Å²) in [5.74, 6) is -4.68. The number of thioether (sulfide) groups is 1. The van der Waals surface area contributed by atoms with Gasteiger partial charge in [-0.15, -0.1) is 0 Å². The summed E-state index contributed by atoms with van der Waals surface area (Å²) in [6.45, 7) is 0.439. The van der Waals surface area contributed by atoms with Gasteiger partial charge in [-0.25, -0.2) is 0 Å². The molecule has 0 spiro atoms. The topological polar surface area (TPSA) is 57.6 Å². The summed E-state index contributed by atoms with van der Waals surface area (Å²) >= 11 is 0.417. The van der Waals surface area contributed by atoms with Gasteiger partial charge in [-0.2, -0.15) is 8.78 Å². The first-order chi connectivity index (χ1) is 12.5. The molecular formula is C19H17F2NO3S. The number of nitrogens with zero attached hydrogens (tertiary/aromatic N) is 1. The number of carboxylic acid groups (broad SMARTS) is 1. The Morgan fingerprint density at radius 1 is 1.04 bits per heavy atom. The van der Waals surface area contributed by atoms with Crippen LogP contribution in [0.5, 0.6) is 0 Å². The van der Waals surface area contributed by atoms with Crippen LogP contribution in [0.3, 0.4) is 0 Å². The highest BCUT2D eigenvalue weighted by Gasteiger charge is 2.40. The summed E-state index contributed by atoms with van der Waals surface area (Å²) in [7, 11) is 0. The molecule has 1 aliphatic heterocycles. The summed E-state index contributed by atoms with van der Waals surface area (Å²) in [4.78, 5) is 26.2. The van der Waals surface area contributed by atoms with E-state index in [-0.39, 0.29) is 18.4 Å². The number of halogens is 2. The molecule has 1 fully saturated rings. The molecule has 4 nitrogen and oxygen atoms in total. The lowest BCUT2D eigenvalue weighted by Crippen LogP contribution is -2.29. The van der Waals surface area contributed by atoms with Crippen molar-refractivity contribution < 1.29 is 23.5 Å². The van der Waals surface area contributed by atoms with Gasteiger partial charge in [0, 0.05) is 29.5 Å². The van der Waals surface area contributed by atoms with Crippen molar-refractivity contribution in [2.75, 3.05) is 13.1 Å². The van der Waals surface area contributed by atoms with Gasteiger partial charge in [0.25, 0.3) is 11.7 Å². The number of alkyl halides is 2. The van der Waals surface area contributed by atoms with Crippen LogP contribution in [0, 0.1) is 5.92 Å². The molecule has 0 aliphatic carbocycles. The van der Waals surface area contributed by atoms with Crippen LogP contribution in [0.25, 0.3) is 0 Å². The third-order valence-corrected chi connectivity index (χ3v) is 5.20. The molecule has 136 valence electrons. The number of amides is 1. The van der Waals surface area contributed by atoms with E-state index in [9.17, 15) is 23.5 Å². The first kappa shape index (κ1) is 18.4. The Labute approximate surface area is 153 Å². The van der Waals surface area contributed by atoms with E-state index in [0.717, 1.165) is 5.56 Å². The van der Waals surface area contributed by atoms with Crippen LogP contribution in [0.2, 0.25) is 0 Å². The van der Waals surface area contributed by atoms with E-state index < -0.39 is 17.6 Å². The van der Waals surface area contributed by atoms with Crippen molar-refractivity contribution in [2.24, 2.45) is 5.92 Å². The minimum atomic E-state index is -2.52. The SMILES string of the molecule is O=C(O)[C@@H]1CN(C(=O)c2ccc(SC(F)F)cc2)C[C@@H]1c1ccccc1. The number of benzene rings is 2. The number of aliphatic carboxylic acids is 1. The standard InChI is InChI=1S/C19H17F2NO3S/c20-19(21)26-14-8-6-13(7-9-14)17(23)22-10-15(16(11-22)18(24)25)12-4-2-1-3-5-12/h1-9,15-16,19H,10-11H2,(H,24,25)/t15-,16-/m1/s1. The molecule has 1 N–H and O–H groups in total. The second-order valence-electron chi connectivity index (χ2n) is 6.07. The molecule has 2 atom stereocenters. The summed E-state index contributed by atoms with van der Waals surface area (Å²) in [6.07, 6.45) is 0. The van der Waals surface area contributed by atoms with Gasteiger partial charge in [0.2, 0.25) is 0 Å². The molecule has 3 rings (SSSR count). The average molecular weight is 377 g/mol. The lowest BCUT2D eigenvalue weighted by molar-refractivity contribution is -0.141. The van der Waals surface area contributed by atoms with Crippen LogP contribution in [0.1, 0.15) is 21.8 Å². The molecule has 1 saturated heterocycles. The molecule has 0 unspecified atom stereocenters. The Balaban J connectivity index is 1.77. The average Bonchev–Trinajstić information content (AvgIpc) is 3.08. The molecule has 1 aliphatic rings. The molecule has 26 heavy (non-hydrogen) atoms. The lowest BCUT2D eigenvalue weighted by Gasteiger charge is -2.17. The Kier molecular flexibility index (Phi) is 5.56. The second-order valence-corrected chi connectivity index (χ2v) is 7.14. The largest absolute Gasteiger partial charge is 0.481 e. The molecule has 2 aromatic rings. The second kappa shape index (κ2) is 7.86. The highest BCUT2D eigenvalue weighted by molar-refractivity contribution is 7.99. The zero-order chi connectivity index (χ0) is 18.7. The van der Waals surface area contributed by atoms with E-state index in [1.54, 1.807) is 0 Å². The van der Waals surface area contributed by atoms with E-state index in [0.29, 0.717) is 28.8 Å². The van der Waals surface area contributed by atoms with Crippen LogP contribution in [-0.4, -0.2) is 40.7 Å². The van der Waals surface area contributed by atoms with Gasteiger partial charge in [0.15, 0.2) is 0 Å². The van der Waals surface area contributed by atoms with Gasteiger partial charge in [0.1, 0.15) is 0 Å². The minimum absolute atomic E-state index is 0.126. The van der Waals surface area contributed by atoms with E-state index in [1.165, 1.54) is 29.2 Å². The summed E-state index contributed by atoms with van der Waals surface area (Å²) < 4.78 is 24.8. The maximum atomic E-state index is 12.7. The van der Waals surface area contributed by atoms with Crippen molar-refractivity contribution in [3.63, 3.8) is 0 Å². The monoisotopic (exact) mass is 377 g/mol. The fraction of sp³-hybridized carbons (Fsp3) is 0.263. The molecule has 7 heteroatoms. The smallest absolute Gasteiger partial charge is 0.308 e. The highest BCUT2D eigenvalue weighted by atomic mass is 32.2. The van der Waals surface area contributed by atoms with Crippen molar-refractivity contribution in [3.8, 4) is 0 Å². The van der Waals surface area contributed by atoms with Gasteiger partial charge in [-0.05, 0) is 29.8 Å². The van der Waals surface area contributed by atoms with Crippen molar-refractivity contribution in [3.05, 3.63) is 65.7 Å². The van der Waals surface area contributed by atoms with Gasteiger partial charge in [-0.1, -0.05) is 42.1 Å². The summed E-state index contributed by atoms with van der Waals surface area (Å²) in [5, 5.41) is 9.52. The molecule has 0 aromatic heterocycles. The highest BCUT2D eigenvalue weighted by Crippen LogP contribution is 2.34. The Morgan fingerprint density at radius 2 is 1.69 bits per heavy atom. The predicted octanol–water partition coefficient (Wildman–Crippen LogP) is 3.94. The van der Waals surface area contributed by atoms with Gasteiger partial charge >= 0.3 is 5.97 Å². The fourth-order valence-corrected chi connectivity index (χ4v) is 3.72. The minimum Gasteiger partial charge on any atom is -0.481 e. The first-order valence-corrected chi connectivity index (χ1v) is 8.95. The maximum Gasteiger partial charge on any atom is 0.308 e. The zero-order valence-electron chi connectivity index (χ0n) is 13.7. The number of carboxylic acids is 1. The molecule has 1 amide bonds. The Bertz CT molecular complexity index is 783. The number of hydrogen-bond acceptors (Lipinski definition) is 3. The quantitative estimate of drug-likeness (QED) is 0.802. The van der Waals surface area contributed by atoms with E-state index >= 15 is 0 Å². The number of carbonyl (C=O) groups is 2. The third-order valence-electron chi connectivity index (χ3n) is 4.48. The number of hydrogen-bond donors (Lipinski definition) is 1. The van der Waals surface area contributed by atoms with Crippen molar-refractivity contribution in [2.45, 2.75) is 16.6 Å². The molecular weight excluding hydrogens is 360 g/mol. The number of rotatable bonds is 5. The van der Waals surface area contributed by atoms with E-state index in [2.05, 4.69) is 0 Å². The van der Waals surface area contributed by atoms with Crippen LogP contribution >= 0.6 is 11.8 Å². The first-order valence-electron chi connectivity index (χ1n) is 8.07. The Morgan fingerprint density at radius 3 is 2.27 bits per heavy atom. The van der Waals surface area contributed by atoms with Crippen LogP contribution in [0.4, 0.5) is 8.78 Å². The maximum absolute atomic E-state index is 12.7. The van der Waals surface area contributed by atoms with Crippen molar-refractivity contribution in [1.82, 2.24) is 4.90 Å². The van der Waals surface area contributed by atoms with Gasteiger partial charge in [-0.3, -0.25) is 9.59 Å². The van der Waals surface area contributed by atoms with Gasteiger partial charge in [0.05, 0.1) is 5.92 Å². The van der Waals surface area contributed by atoms with Crippen LogP contribution in [-0.2, 0) is 4.79 Å². The molecule has 0 bridgehead atoms. The number of carbonyl (C=O) groups excluding carboxylic acids is 1. The molecule has 0 saturated carbocycles. The predicted molar refractivity (Wildman–Crippen MR) is 94.5 cm³/mol.